The first-order valence-electron chi connectivity index (χ1n) is 9.23. The Labute approximate surface area is 164 Å². The molecule has 0 aliphatic carbocycles. The number of amides is 1. The summed E-state index contributed by atoms with van der Waals surface area (Å²) in [5.74, 6) is -0.870. The molecule has 1 amide bonds. The van der Waals surface area contributed by atoms with Gasteiger partial charge in [-0.25, -0.2) is 4.79 Å². The molecule has 0 fully saturated rings. The molecule has 2 aromatic carbocycles. The molecule has 0 radical (unpaired) electrons. The van der Waals surface area contributed by atoms with Crippen molar-refractivity contribution in [1.29, 1.82) is 0 Å². The Morgan fingerprint density at radius 3 is 2.29 bits per heavy atom. The van der Waals surface area contributed by atoms with E-state index in [0.717, 1.165) is 11.1 Å². The van der Waals surface area contributed by atoms with Crippen LogP contribution in [0.5, 0.6) is 0 Å². The Balaban J connectivity index is 1.79. The monoisotopic (exact) mass is 377 g/mol. The van der Waals surface area contributed by atoms with E-state index in [1.807, 2.05) is 49.4 Å². The molecule has 3 rings (SSSR count). The minimum absolute atomic E-state index is 0.102. The highest BCUT2D eigenvalue weighted by molar-refractivity contribution is 6.07. The van der Waals surface area contributed by atoms with Gasteiger partial charge in [-0.3, -0.25) is 9.48 Å². The molecule has 0 spiro atoms. The molecule has 0 unspecified atom stereocenters. The van der Waals surface area contributed by atoms with E-state index in [2.05, 4.69) is 10.4 Å². The standard InChI is InChI=1S/C22H23N3O3/c1-4-25-14-19(20(24-25)22(27)28-15(2)3)23-21(26)18-12-10-17(11-13-18)16-8-6-5-7-9-16/h5-15H,4H2,1-3H3,(H,23,26). The Morgan fingerprint density at radius 2 is 1.68 bits per heavy atom. The van der Waals surface area contributed by atoms with Crippen molar-refractivity contribution >= 4 is 17.6 Å². The third-order valence-electron chi connectivity index (χ3n) is 4.12. The molecule has 1 N–H and O–H groups in total. The number of hydrogen-bond acceptors (Lipinski definition) is 4. The first-order valence-corrected chi connectivity index (χ1v) is 9.23. The zero-order valence-corrected chi connectivity index (χ0v) is 16.2. The van der Waals surface area contributed by atoms with Gasteiger partial charge in [0, 0.05) is 18.3 Å². The molecule has 144 valence electrons. The van der Waals surface area contributed by atoms with Gasteiger partial charge >= 0.3 is 5.97 Å². The molecule has 6 nitrogen and oxygen atoms in total. The predicted octanol–water partition coefficient (Wildman–Crippen LogP) is 4.39. The SMILES string of the molecule is CCn1cc(NC(=O)c2ccc(-c3ccccc3)cc2)c(C(=O)OC(C)C)n1. The molecule has 6 heteroatoms. The van der Waals surface area contributed by atoms with E-state index in [4.69, 9.17) is 4.74 Å². The molecule has 28 heavy (non-hydrogen) atoms. The maximum atomic E-state index is 12.7. The quantitative estimate of drug-likeness (QED) is 0.647. The first kappa shape index (κ1) is 19.4. The van der Waals surface area contributed by atoms with Crippen molar-refractivity contribution in [3.8, 4) is 11.1 Å². The lowest BCUT2D eigenvalue weighted by Gasteiger charge is -2.08. The highest BCUT2D eigenvalue weighted by Crippen LogP contribution is 2.21. The third-order valence-corrected chi connectivity index (χ3v) is 4.12. The maximum absolute atomic E-state index is 12.7. The lowest BCUT2D eigenvalue weighted by molar-refractivity contribution is 0.0371. The van der Waals surface area contributed by atoms with Gasteiger partial charge < -0.3 is 10.1 Å². The average Bonchev–Trinajstić information content (AvgIpc) is 3.11. The lowest BCUT2D eigenvalue weighted by Crippen LogP contribution is -2.17. The van der Waals surface area contributed by atoms with Crippen LogP contribution in [-0.4, -0.2) is 27.8 Å². The van der Waals surface area contributed by atoms with E-state index < -0.39 is 5.97 Å². The summed E-state index contributed by atoms with van der Waals surface area (Å²) in [5, 5.41) is 6.98. The van der Waals surface area contributed by atoms with Crippen LogP contribution in [0.4, 0.5) is 5.69 Å². The van der Waals surface area contributed by atoms with Crippen LogP contribution in [0.2, 0.25) is 0 Å². The van der Waals surface area contributed by atoms with Crippen molar-refractivity contribution in [1.82, 2.24) is 9.78 Å². The third kappa shape index (κ3) is 4.46. The van der Waals surface area contributed by atoms with E-state index in [1.165, 1.54) is 0 Å². The summed E-state index contributed by atoms with van der Waals surface area (Å²) in [6.07, 6.45) is 1.36. The van der Waals surface area contributed by atoms with E-state index in [0.29, 0.717) is 17.8 Å². The number of benzene rings is 2. The Morgan fingerprint density at radius 1 is 1.04 bits per heavy atom. The smallest absolute Gasteiger partial charge is 0.361 e. The number of esters is 1. The van der Waals surface area contributed by atoms with E-state index in [1.54, 1.807) is 36.9 Å². The molecule has 0 aliphatic rings. The van der Waals surface area contributed by atoms with Crippen LogP contribution < -0.4 is 5.32 Å². The number of rotatable bonds is 6. The summed E-state index contributed by atoms with van der Waals surface area (Å²) in [6, 6.07) is 17.2. The molecule has 3 aromatic rings. The van der Waals surface area contributed by atoms with Crippen molar-refractivity contribution in [2.75, 3.05) is 5.32 Å². The first-order chi connectivity index (χ1) is 13.5. The zero-order chi connectivity index (χ0) is 20.1. The van der Waals surface area contributed by atoms with E-state index >= 15 is 0 Å². The molecule has 0 saturated carbocycles. The van der Waals surface area contributed by atoms with Crippen LogP contribution in [0.3, 0.4) is 0 Å². The summed E-state index contributed by atoms with van der Waals surface area (Å²) >= 11 is 0. The summed E-state index contributed by atoms with van der Waals surface area (Å²) < 4.78 is 6.81. The second-order valence-electron chi connectivity index (χ2n) is 6.60. The van der Waals surface area contributed by atoms with Crippen molar-refractivity contribution in [2.24, 2.45) is 0 Å². The number of nitrogens with one attached hydrogen (secondary N) is 1. The van der Waals surface area contributed by atoms with Gasteiger partial charge in [-0.2, -0.15) is 5.10 Å². The fraction of sp³-hybridized carbons (Fsp3) is 0.227. The number of anilines is 1. The van der Waals surface area contributed by atoms with Crippen LogP contribution in [-0.2, 0) is 11.3 Å². The molecule has 1 heterocycles. The van der Waals surface area contributed by atoms with Crippen LogP contribution >= 0.6 is 0 Å². The Bertz CT molecular complexity index is 960. The summed E-state index contributed by atoms with van der Waals surface area (Å²) in [5.41, 5.74) is 3.04. The minimum Gasteiger partial charge on any atom is -0.458 e. The minimum atomic E-state index is -0.558. The number of aryl methyl sites for hydroxylation is 1. The summed E-state index contributed by atoms with van der Waals surface area (Å²) in [7, 11) is 0. The van der Waals surface area contributed by atoms with Crippen molar-refractivity contribution in [3.63, 3.8) is 0 Å². The van der Waals surface area contributed by atoms with Crippen LogP contribution in [0, 0.1) is 0 Å². The number of ether oxygens (including phenoxy) is 1. The number of hydrogen-bond donors (Lipinski definition) is 1. The molecule has 0 saturated heterocycles. The summed E-state index contributed by atoms with van der Waals surface area (Å²) in [4.78, 5) is 24.9. The van der Waals surface area contributed by atoms with Gasteiger partial charge in [0.2, 0.25) is 0 Å². The van der Waals surface area contributed by atoms with Gasteiger partial charge in [0.25, 0.3) is 5.91 Å². The van der Waals surface area contributed by atoms with Gasteiger partial charge in [0.1, 0.15) is 0 Å². The molecular weight excluding hydrogens is 354 g/mol. The summed E-state index contributed by atoms with van der Waals surface area (Å²) in [6.45, 7) is 6.00. The average molecular weight is 377 g/mol. The number of aromatic nitrogens is 2. The number of carbonyl (C=O) groups is 2. The molecular formula is C22H23N3O3. The molecule has 1 aromatic heterocycles. The lowest BCUT2D eigenvalue weighted by atomic mass is 10.0. The molecule has 0 bridgehead atoms. The van der Waals surface area contributed by atoms with Crippen molar-refractivity contribution < 1.29 is 14.3 Å². The second-order valence-corrected chi connectivity index (χ2v) is 6.60. The highest BCUT2D eigenvalue weighted by Gasteiger charge is 2.21. The number of nitrogens with zero attached hydrogens (tertiary/aromatic N) is 2. The van der Waals surface area contributed by atoms with Crippen LogP contribution in [0.25, 0.3) is 11.1 Å². The van der Waals surface area contributed by atoms with Gasteiger partial charge in [0.05, 0.1) is 11.8 Å². The van der Waals surface area contributed by atoms with Gasteiger partial charge in [-0.05, 0) is 44.0 Å². The van der Waals surface area contributed by atoms with Crippen LogP contribution in [0.1, 0.15) is 41.6 Å². The zero-order valence-electron chi connectivity index (χ0n) is 16.2. The van der Waals surface area contributed by atoms with Gasteiger partial charge in [-0.15, -0.1) is 0 Å². The highest BCUT2D eigenvalue weighted by atomic mass is 16.5. The topological polar surface area (TPSA) is 73.2 Å². The maximum Gasteiger partial charge on any atom is 0.361 e. The molecule has 0 atom stereocenters. The normalized spacial score (nSPS) is 10.7. The second kappa shape index (κ2) is 8.52. The fourth-order valence-electron chi connectivity index (χ4n) is 2.73. The Hall–Kier alpha value is -3.41. The predicted molar refractivity (Wildman–Crippen MR) is 108 cm³/mol. The van der Waals surface area contributed by atoms with E-state index in [9.17, 15) is 9.59 Å². The van der Waals surface area contributed by atoms with Crippen LogP contribution in [0.15, 0.2) is 60.8 Å². The van der Waals surface area contributed by atoms with Crippen molar-refractivity contribution in [3.05, 3.63) is 72.1 Å². The largest absolute Gasteiger partial charge is 0.458 e. The molecule has 0 aliphatic heterocycles. The van der Waals surface area contributed by atoms with E-state index in [-0.39, 0.29) is 17.7 Å². The fourth-order valence-corrected chi connectivity index (χ4v) is 2.73. The Kier molecular flexibility index (Phi) is 5.89. The van der Waals surface area contributed by atoms with Gasteiger partial charge in [-0.1, -0.05) is 42.5 Å². The number of carbonyl (C=O) groups excluding carboxylic acids is 2. The van der Waals surface area contributed by atoms with Crippen molar-refractivity contribution in [2.45, 2.75) is 33.4 Å². The van der Waals surface area contributed by atoms with Gasteiger partial charge in [0.15, 0.2) is 5.69 Å².